The highest BCUT2D eigenvalue weighted by Crippen LogP contribution is 2.27. The van der Waals surface area contributed by atoms with Crippen molar-refractivity contribution in [3.05, 3.63) is 18.0 Å². The van der Waals surface area contributed by atoms with Crippen LogP contribution in [0.15, 0.2) is 12.3 Å². The number of carboxylic acid groups (broad SMARTS) is 1. The lowest BCUT2D eigenvalue weighted by Crippen LogP contribution is -2.49. The van der Waals surface area contributed by atoms with E-state index in [1.807, 2.05) is 0 Å². The second-order valence-electron chi connectivity index (χ2n) is 4.56. The molecule has 20 heavy (non-hydrogen) atoms. The predicted octanol–water partition coefficient (Wildman–Crippen LogP) is 2.13. The number of nitrogens with zero attached hydrogens (tertiary/aromatic N) is 2. The van der Waals surface area contributed by atoms with E-state index in [0.717, 1.165) is 6.07 Å². The van der Waals surface area contributed by atoms with Gasteiger partial charge in [0.1, 0.15) is 5.54 Å². The standard InChI is InChI=1S/C12H18F3N3O2/c1-3-11(16-2,10(19)20)6-4-7-18-8-5-9(17-18)12(13,14)15/h5,8,16H,3-4,6-7H2,1-2H3,(H,19,20). The zero-order valence-electron chi connectivity index (χ0n) is 11.4. The van der Waals surface area contributed by atoms with Gasteiger partial charge < -0.3 is 10.4 Å². The Hall–Kier alpha value is -1.57. The molecule has 0 aliphatic carbocycles. The summed E-state index contributed by atoms with van der Waals surface area (Å²) in [7, 11) is 1.56. The smallest absolute Gasteiger partial charge is 0.435 e. The molecule has 0 radical (unpaired) electrons. The third kappa shape index (κ3) is 3.72. The van der Waals surface area contributed by atoms with E-state index >= 15 is 0 Å². The first kappa shape index (κ1) is 16.5. The van der Waals surface area contributed by atoms with Gasteiger partial charge in [0.05, 0.1) is 0 Å². The van der Waals surface area contributed by atoms with Crippen LogP contribution in [0, 0.1) is 0 Å². The van der Waals surface area contributed by atoms with Crippen LogP contribution in [0.5, 0.6) is 0 Å². The van der Waals surface area contributed by atoms with Crippen LogP contribution in [0.1, 0.15) is 31.9 Å². The van der Waals surface area contributed by atoms with Gasteiger partial charge in [0.2, 0.25) is 0 Å². The van der Waals surface area contributed by atoms with Crippen LogP contribution in [-0.4, -0.2) is 33.4 Å². The van der Waals surface area contributed by atoms with Gasteiger partial charge in [0, 0.05) is 12.7 Å². The molecule has 0 spiro atoms. The van der Waals surface area contributed by atoms with E-state index in [1.165, 1.54) is 10.9 Å². The highest BCUT2D eigenvalue weighted by atomic mass is 19.4. The summed E-state index contributed by atoms with van der Waals surface area (Å²) < 4.78 is 38.3. The largest absolute Gasteiger partial charge is 0.480 e. The zero-order valence-corrected chi connectivity index (χ0v) is 11.4. The number of rotatable bonds is 7. The Morgan fingerprint density at radius 2 is 2.15 bits per heavy atom. The number of halogens is 3. The molecule has 1 aromatic rings. The monoisotopic (exact) mass is 293 g/mol. The third-order valence-corrected chi connectivity index (χ3v) is 3.41. The van der Waals surface area contributed by atoms with Crippen molar-refractivity contribution in [1.29, 1.82) is 0 Å². The molecule has 0 fully saturated rings. The summed E-state index contributed by atoms with van der Waals surface area (Å²) in [6, 6.07) is 0.905. The van der Waals surface area contributed by atoms with E-state index in [9.17, 15) is 23.1 Å². The van der Waals surface area contributed by atoms with E-state index in [1.54, 1.807) is 14.0 Å². The lowest BCUT2D eigenvalue weighted by atomic mass is 9.90. The second kappa shape index (κ2) is 6.25. The molecular weight excluding hydrogens is 275 g/mol. The summed E-state index contributed by atoms with van der Waals surface area (Å²) in [5.41, 5.74) is -1.98. The zero-order chi connectivity index (χ0) is 15.4. The number of alkyl halides is 3. The number of nitrogens with one attached hydrogen (secondary N) is 1. The Balaban J connectivity index is 2.60. The van der Waals surface area contributed by atoms with Crippen LogP contribution in [-0.2, 0) is 17.5 Å². The van der Waals surface area contributed by atoms with Gasteiger partial charge in [-0.2, -0.15) is 18.3 Å². The van der Waals surface area contributed by atoms with Crippen molar-refractivity contribution < 1.29 is 23.1 Å². The Bertz CT molecular complexity index is 453. The SMILES string of the molecule is CCC(CCCn1ccc(C(F)(F)F)n1)(NC)C(=O)O. The summed E-state index contributed by atoms with van der Waals surface area (Å²) in [6.07, 6.45) is -2.08. The first-order valence-electron chi connectivity index (χ1n) is 6.28. The van der Waals surface area contributed by atoms with Gasteiger partial charge in [0.25, 0.3) is 0 Å². The van der Waals surface area contributed by atoms with Crippen molar-refractivity contribution in [3.63, 3.8) is 0 Å². The molecule has 5 nitrogen and oxygen atoms in total. The summed E-state index contributed by atoms with van der Waals surface area (Å²) in [4.78, 5) is 11.2. The molecule has 1 aromatic heterocycles. The van der Waals surface area contributed by atoms with E-state index < -0.39 is 23.4 Å². The molecule has 1 unspecified atom stereocenters. The van der Waals surface area contributed by atoms with Gasteiger partial charge in [-0.3, -0.25) is 9.48 Å². The van der Waals surface area contributed by atoms with Crippen LogP contribution in [0.2, 0.25) is 0 Å². The average Bonchev–Trinajstić information content (AvgIpc) is 2.83. The molecule has 0 bridgehead atoms. The Morgan fingerprint density at radius 3 is 2.55 bits per heavy atom. The number of hydrogen-bond acceptors (Lipinski definition) is 3. The molecule has 1 rings (SSSR count). The molecule has 2 N–H and O–H groups in total. The van der Waals surface area contributed by atoms with E-state index in [0.29, 0.717) is 19.3 Å². The fourth-order valence-corrected chi connectivity index (χ4v) is 2.02. The molecule has 0 aliphatic rings. The molecule has 1 atom stereocenters. The maximum absolute atomic E-state index is 12.4. The Kier molecular flexibility index (Phi) is 5.15. The normalized spacial score (nSPS) is 15.1. The second-order valence-corrected chi connectivity index (χ2v) is 4.56. The van der Waals surface area contributed by atoms with Crippen LogP contribution in [0.4, 0.5) is 13.2 Å². The number of likely N-dealkylation sites (N-methyl/N-ethyl adjacent to an activating group) is 1. The molecule has 0 aliphatic heterocycles. The lowest BCUT2D eigenvalue weighted by Gasteiger charge is -2.27. The molecule has 0 aromatic carbocycles. The van der Waals surface area contributed by atoms with Gasteiger partial charge in [0.15, 0.2) is 5.69 Å². The number of carboxylic acids is 1. The fraction of sp³-hybridized carbons (Fsp3) is 0.667. The lowest BCUT2D eigenvalue weighted by molar-refractivity contribution is -0.145. The highest BCUT2D eigenvalue weighted by molar-refractivity contribution is 5.78. The highest BCUT2D eigenvalue weighted by Gasteiger charge is 2.35. The van der Waals surface area contributed by atoms with Crippen molar-refractivity contribution in [2.75, 3.05) is 7.05 Å². The molecule has 8 heteroatoms. The topological polar surface area (TPSA) is 67.2 Å². The molecule has 1 heterocycles. The average molecular weight is 293 g/mol. The predicted molar refractivity (Wildman–Crippen MR) is 66.2 cm³/mol. The molecular formula is C12H18F3N3O2. The van der Waals surface area contributed by atoms with Gasteiger partial charge in [-0.15, -0.1) is 0 Å². The fourth-order valence-electron chi connectivity index (χ4n) is 2.02. The minimum atomic E-state index is -4.45. The van der Waals surface area contributed by atoms with E-state index in [2.05, 4.69) is 10.4 Å². The van der Waals surface area contributed by atoms with Gasteiger partial charge in [-0.25, -0.2) is 0 Å². The number of carbonyl (C=O) groups is 1. The number of hydrogen-bond donors (Lipinski definition) is 2. The molecule has 0 saturated carbocycles. The summed E-state index contributed by atoms with van der Waals surface area (Å²) >= 11 is 0. The van der Waals surface area contributed by atoms with Crippen molar-refractivity contribution in [2.24, 2.45) is 0 Å². The van der Waals surface area contributed by atoms with E-state index in [4.69, 9.17) is 0 Å². The van der Waals surface area contributed by atoms with Crippen LogP contribution in [0.25, 0.3) is 0 Å². The number of aryl methyl sites for hydroxylation is 1. The number of aromatic nitrogens is 2. The van der Waals surface area contributed by atoms with E-state index in [-0.39, 0.29) is 6.54 Å². The molecule has 0 amide bonds. The summed E-state index contributed by atoms with van der Waals surface area (Å²) in [5, 5.41) is 15.4. The van der Waals surface area contributed by atoms with Crippen molar-refractivity contribution in [1.82, 2.24) is 15.1 Å². The van der Waals surface area contributed by atoms with Crippen LogP contribution >= 0.6 is 0 Å². The number of aliphatic carboxylic acids is 1. The van der Waals surface area contributed by atoms with Crippen molar-refractivity contribution in [2.45, 2.75) is 44.4 Å². The maximum atomic E-state index is 12.4. The van der Waals surface area contributed by atoms with Crippen LogP contribution < -0.4 is 5.32 Å². The molecule has 114 valence electrons. The Morgan fingerprint density at radius 1 is 1.50 bits per heavy atom. The first-order chi connectivity index (χ1) is 9.25. The van der Waals surface area contributed by atoms with Gasteiger partial charge in [-0.05, 0) is 32.4 Å². The van der Waals surface area contributed by atoms with Crippen LogP contribution in [0.3, 0.4) is 0 Å². The van der Waals surface area contributed by atoms with Crippen molar-refractivity contribution in [3.8, 4) is 0 Å². The summed E-state index contributed by atoms with van der Waals surface area (Å²) in [5.74, 6) is -0.959. The third-order valence-electron chi connectivity index (χ3n) is 3.41. The first-order valence-corrected chi connectivity index (χ1v) is 6.28. The van der Waals surface area contributed by atoms with Gasteiger partial charge in [-0.1, -0.05) is 6.92 Å². The Labute approximate surface area is 114 Å². The maximum Gasteiger partial charge on any atom is 0.435 e. The quantitative estimate of drug-likeness (QED) is 0.808. The molecule has 0 saturated heterocycles. The van der Waals surface area contributed by atoms with Crippen molar-refractivity contribution >= 4 is 5.97 Å². The minimum absolute atomic E-state index is 0.243. The van der Waals surface area contributed by atoms with Gasteiger partial charge >= 0.3 is 12.1 Å². The summed E-state index contributed by atoms with van der Waals surface area (Å²) in [6.45, 7) is 1.99. The minimum Gasteiger partial charge on any atom is -0.480 e.